The van der Waals surface area contributed by atoms with Crippen molar-refractivity contribution < 1.29 is 14.3 Å². The highest BCUT2D eigenvalue weighted by Gasteiger charge is 2.13. The molecule has 0 aliphatic carbocycles. The molecule has 0 unspecified atom stereocenters. The van der Waals surface area contributed by atoms with E-state index in [4.69, 9.17) is 9.47 Å². The summed E-state index contributed by atoms with van der Waals surface area (Å²) in [6.45, 7) is 0. The average molecular weight is 290 g/mol. The molecule has 0 radical (unpaired) electrons. The van der Waals surface area contributed by atoms with Crippen molar-refractivity contribution in [1.29, 1.82) is 0 Å². The fraction of sp³-hybridized carbons (Fsp3) is 0.312. The molecule has 1 aromatic carbocycles. The topological polar surface area (TPSA) is 35.5 Å². The minimum absolute atomic E-state index is 0.0947. The smallest absolute Gasteiger partial charge is 0.166 e. The van der Waals surface area contributed by atoms with Crippen molar-refractivity contribution in [1.82, 2.24) is 0 Å². The molecule has 2 aromatic rings. The molecule has 20 heavy (non-hydrogen) atoms. The number of thiophene rings is 1. The van der Waals surface area contributed by atoms with Crippen LogP contribution in [-0.4, -0.2) is 20.0 Å². The Morgan fingerprint density at radius 2 is 2.05 bits per heavy atom. The highest BCUT2D eigenvalue weighted by atomic mass is 32.1. The van der Waals surface area contributed by atoms with Gasteiger partial charge in [0.25, 0.3) is 0 Å². The Balaban J connectivity index is 2.00. The molecule has 0 fully saturated rings. The van der Waals surface area contributed by atoms with E-state index in [1.165, 1.54) is 4.88 Å². The normalized spacial score (nSPS) is 10.3. The minimum Gasteiger partial charge on any atom is -0.497 e. The van der Waals surface area contributed by atoms with E-state index in [-0.39, 0.29) is 5.78 Å². The number of methoxy groups -OCH3 is 2. The van der Waals surface area contributed by atoms with Crippen molar-refractivity contribution in [3.8, 4) is 11.5 Å². The summed E-state index contributed by atoms with van der Waals surface area (Å²) in [5.41, 5.74) is 0.595. The number of carbonyl (C=O) groups excluding carboxylic acids is 1. The predicted molar refractivity (Wildman–Crippen MR) is 81.1 cm³/mol. The van der Waals surface area contributed by atoms with Gasteiger partial charge in [0.1, 0.15) is 11.5 Å². The van der Waals surface area contributed by atoms with Crippen molar-refractivity contribution in [2.45, 2.75) is 19.3 Å². The van der Waals surface area contributed by atoms with Gasteiger partial charge in [-0.25, -0.2) is 0 Å². The zero-order chi connectivity index (χ0) is 14.4. The first-order chi connectivity index (χ1) is 9.74. The van der Waals surface area contributed by atoms with Crippen LogP contribution >= 0.6 is 11.3 Å². The van der Waals surface area contributed by atoms with E-state index in [0.717, 1.165) is 12.8 Å². The first-order valence-electron chi connectivity index (χ1n) is 6.52. The van der Waals surface area contributed by atoms with Crippen molar-refractivity contribution in [2.24, 2.45) is 0 Å². The van der Waals surface area contributed by atoms with E-state index >= 15 is 0 Å². The Bertz CT molecular complexity index is 561. The number of rotatable bonds is 7. The molecule has 0 atom stereocenters. The third-order valence-corrected chi connectivity index (χ3v) is 4.05. The van der Waals surface area contributed by atoms with Gasteiger partial charge >= 0.3 is 0 Å². The molecular weight excluding hydrogens is 272 g/mol. The van der Waals surface area contributed by atoms with E-state index in [1.54, 1.807) is 43.8 Å². The number of Topliss-reactive ketones (excluding diaryl/α,β-unsaturated/α-hetero) is 1. The van der Waals surface area contributed by atoms with E-state index in [0.29, 0.717) is 23.5 Å². The van der Waals surface area contributed by atoms with Gasteiger partial charge in [-0.2, -0.15) is 0 Å². The molecule has 0 saturated heterocycles. The molecule has 1 heterocycles. The molecule has 1 aromatic heterocycles. The highest BCUT2D eigenvalue weighted by molar-refractivity contribution is 7.09. The molecule has 0 aliphatic heterocycles. The SMILES string of the molecule is COc1ccc(OC)c(C(=O)CCCc2cccs2)c1. The van der Waals surface area contributed by atoms with Gasteiger partial charge in [-0.15, -0.1) is 11.3 Å². The summed E-state index contributed by atoms with van der Waals surface area (Å²) >= 11 is 1.73. The van der Waals surface area contributed by atoms with Crippen LogP contribution in [0.2, 0.25) is 0 Å². The van der Waals surface area contributed by atoms with Crippen LogP contribution < -0.4 is 9.47 Å². The van der Waals surface area contributed by atoms with Crippen LogP contribution in [0.5, 0.6) is 11.5 Å². The fourth-order valence-electron chi connectivity index (χ4n) is 2.04. The summed E-state index contributed by atoms with van der Waals surface area (Å²) in [5, 5.41) is 2.06. The average Bonchev–Trinajstić information content (AvgIpc) is 2.99. The summed E-state index contributed by atoms with van der Waals surface area (Å²) in [7, 11) is 3.16. The lowest BCUT2D eigenvalue weighted by Gasteiger charge is -2.09. The molecule has 0 saturated carbocycles. The maximum Gasteiger partial charge on any atom is 0.166 e. The van der Waals surface area contributed by atoms with Crippen LogP contribution in [0, 0.1) is 0 Å². The summed E-state index contributed by atoms with van der Waals surface area (Å²) < 4.78 is 10.4. The van der Waals surface area contributed by atoms with E-state index in [9.17, 15) is 4.79 Å². The van der Waals surface area contributed by atoms with Crippen LogP contribution in [0.1, 0.15) is 28.1 Å². The summed E-state index contributed by atoms with van der Waals surface area (Å²) in [4.78, 5) is 13.6. The monoisotopic (exact) mass is 290 g/mol. The molecule has 0 aliphatic rings. The van der Waals surface area contributed by atoms with Gasteiger partial charge in [0.05, 0.1) is 19.8 Å². The number of ketones is 1. The van der Waals surface area contributed by atoms with Gasteiger partial charge in [-0.3, -0.25) is 4.79 Å². The number of hydrogen-bond acceptors (Lipinski definition) is 4. The fourth-order valence-corrected chi connectivity index (χ4v) is 2.80. The molecule has 2 rings (SSSR count). The van der Waals surface area contributed by atoms with Crippen molar-refractivity contribution in [3.05, 3.63) is 46.2 Å². The van der Waals surface area contributed by atoms with E-state index in [2.05, 4.69) is 11.4 Å². The van der Waals surface area contributed by atoms with Crippen LogP contribution in [0.25, 0.3) is 0 Å². The van der Waals surface area contributed by atoms with Gasteiger partial charge in [-0.1, -0.05) is 6.07 Å². The number of benzene rings is 1. The third-order valence-electron chi connectivity index (χ3n) is 3.11. The Morgan fingerprint density at radius 1 is 1.20 bits per heavy atom. The maximum absolute atomic E-state index is 12.3. The zero-order valence-electron chi connectivity index (χ0n) is 11.7. The number of ether oxygens (including phenoxy) is 2. The Hall–Kier alpha value is -1.81. The van der Waals surface area contributed by atoms with Crippen LogP contribution in [0.15, 0.2) is 35.7 Å². The van der Waals surface area contributed by atoms with Gasteiger partial charge in [-0.05, 0) is 42.5 Å². The lowest BCUT2D eigenvalue weighted by molar-refractivity contribution is 0.0977. The largest absolute Gasteiger partial charge is 0.497 e. The van der Waals surface area contributed by atoms with E-state index in [1.807, 2.05) is 6.07 Å². The number of carbonyl (C=O) groups is 1. The quantitative estimate of drug-likeness (QED) is 0.724. The van der Waals surface area contributed by atoms with Crippen molar-refractivity contribution in [3.63, 3.8) is 0 Å². The lowest BCUT2D eigenvalue weighted by atomic mass is 10.0. The summed E-state index contributed by atoms with van der Waals surface area (Å²) in [6, 6.07) is 9.44. The minimum atomic E-state index is 0.0947. The predicted octanol–water partition coefficient (Wildman–Crippen LogP) is 3.97. The van der Waals surface area contributed by atoms with Crippen molar-refractivity contribution in [2.75, 3.05) is 14.2 Å². The van der Waals surface area contributed by atoms with Crippen LogP contribution in [0.4, 0.5) is 0 Å². The molecule has 0 N–H and O–H groups in total. The number of aryl methyl sites for hydroxylation is 1. The van der Waals surface area contributed by atoms with Crippen molar-refractivity contribution >= 4 is 17.1 Å². The second kappa shape index (κ2) is 7.10. The molecular formula is C16H18O3S. The molecule has 0 spiro atoms. The lowest BCUT2D eigenvalue weighted by Crippen LogP contribution is -2.03. The van der Waals surface area contributed by atoms with Crippen LogP contribution in [0.3, 0.4) is 0 Å². The van der Waals surface area contributed by atoms with Gasteiger partial charge in [0.15, 0.2) is 5.78 Å². The first kappa shape index (κ1) is 14.6. The molecule has 3 nitrogen and oxygen atoms in total. The zero-order valence-corrected chi connectivity index (χ0v) is 12.5. The summed E-state index contributed by atoms with van der Waals surface area (Å²) in [5.74, 6) is 1.37. The number of hydrogen-bond donors (Lipinski definition) is 0. The molecule has 106 valence electrons. The third kappa shape index (κ3) is 3.61. The molecule has 4 heteroatoms. The molecule has 0 amide bonds. The maximum atomic E-state index is 12.3. The summed E-state index contributed by atoms with van der Waals surface area (Å²) in [6.07, 6.45) is 2.30. The van der Waals surface area contributed by atoms with Crippen LogP contribution in [-0.2, 0) is 6.42 Å². The Morgan fingerprint density at radius 3 is 2.70 bits per heavy atom. The van der Waals surface area contributed by atoms with E-state index < -0.39 is 0 Å². The second-order valence-electron chi connectivity index (χ2n) is 4.42. The molecule has 0 bridgehead atoms. The van der Waals surface area contributed by atoms with Gasteiger partial charge in [0.2, 0.25) is 0 Å². The first-order valence-corrected chi connectivity index (χ1v) is 7.40. The Kier molecular flexibility index (Phi) is 5.18. The Labute approximate surface area is 123 Å². The second-order valence-corrected chi connectivity index (χ2v) is 5.45. The van der Waals surface area contributed by atoms with Gasteiger partial charge in [0, 0.05) is 11.3 Å². The van der Waals surface area contributed by atoms with Gasteiger partial charge < -0.3 is 9.47 Å². The highest BCUT2D eigenvalue weighted by Crippen LogP contribution is 2.25. The standard InChI is InChI=1S/C16H18O3S/c1-18-12-8-9-16(19-2)14(11-12)15(17)7-3-5-13-6-4-10-20-13/h4,6,8-11H,3,5,7H2,1-2H3.